The van der Waals surface area contributed by atoms with Crippen molar-refractivity contribution in [3.63, 3.8) is 0 Å². The zero-order valence-electron chi connectivity index (χ0n) is 7.75. The van der Waals surface area contributed by atoms with Crippen molar-refractivity contribution in [1.82, 2.24) is 0 Å². The third-order valence-electron chi connectivity index (χ3n) is 1.83. The lowest BCUT2D eigenvalue weighted by Crippen LogP contribution is -2.09. The van der Waals surface area contributed by atoms with E-state index in [-0.39, 0.29) is 0 Å². The van der Waals surface area contributed by atoms with Gasteiger partial charge < -0.3 is 11.5 Å². The fourth-order valence-electron chi connectivity index (χ4n) is 1.00. The minimum Gasteiger partial charge on any atom is -0.397 e. The third kappa shape index (κ3) is 2.12. The fourth-order valence-corrected chi connectivity index (χ4v) is 1.00. The molecule has 0 spiro atoms. The van der Waals surface area contributed by atoms with Crippen LogP contribution in [0.4, 0.5) is 0 Å². The van der Waals surface area contributed by atoms with Crippen LogP contribution in [0.3, 0.4) is 0 Å². The summed E-state index contributed by atoms with van der Waals surface area (Å²) in [6.45, 7) is 5.58. The van der Waals surface area contributed by atoms with Crippen molar-refractivity contribution in [1.29, 1.82) is 0 Å². The van der Waals surface area contributed by atoms with Gasteiger partial charge in [0.15, 0.2) is 0 Å². The van der Waals surface area contributed by atoms with E-state index in [0.717, 1.165) is 11.1 Å². The Morgan fingerprint density at radius 3 is 2.15 bits per heavy atom. The Labute approximate surface area is 78.6 Å². The molecule has 0 atom stereocenters. The Morgan fingerprint density at radius 2 is 1.69 bits per heavy atom. The highest BCUT2D eigenvalue weighted by Crippen LogP contribution is 2.13. The van der Waals surface area contributed by atoms with Crippen molar-refractivity contribution in [2.45, 2.75) is 6.92 Å². The van der Waals surface area contributed by atoms with Crippen LogP contribution in [-0.2, 0) is 0 Å². The van der Waals surface area contributed by atoms with E-state index in [0.29, 0.717) is 11.4 Å². The third-order valence-corrected chi connectivity index (χ3v) is 1.83. The highest BCUT2D eigenvalue weighted by molar-refractivity contribution is 5.68. The maximum absolute atomic E-state index is 5.83. The lowest BCUT2D eigenvalue weighted by atomic mass is 10.1. The van der Waals surface area contributed by atoms with Crippen LogP contribution in [-0.4, -0.2) is 0 Å². The molecule has 0 saturated heterocycles. The van der Waals surface area contributed by atoms with Crippen LogP contribution >= 0.6 is 0 Å². The number of allylic oxidation sites excluding steroid dienone is 1. The SMILES string of the molecule is C=C(C)C(N)=C(N)c1ccccc1. The van der Waals surface area contributed by atoms with E-state index < -0.39 is 0 Å². The van der Waals surface area contributed by atoms with Crippen molar-refractivity contribution in [2.24, 2.45) is 11.5 Å². The largest absolute Gasteiger partial charge is 0.397 e. The molecule has 0 bridgehead atoms. The molecule has 1 aromatic rings. The van der Waals surface area contributed by atoms with Crippen molar-refractivity contribution in [2.75, 3.05) is 0 Å². The van der Waals surface area contributed by atoms with Crippen molar-refractivity contribution < 1.29 is 0 Å². The maximum atomic E-state index is 5.83. The van der Waals surface area contributed by atoms with Gasteiger partial charge in [0.1, 0.15) is 0 Å². The summed E-state index contributed by atoms with van der Waals surface area (Å²) in [4.78, 5) is 0. The van der Waals surface area contributed by atoms with Crippen molar-refractivity contribution >= 4 is 5.70 Å². The lowest BCUT2D eigenvalue weighted by Gasteiger charge is -2.06. The van der Waals surface area contributed by atoms with Gasteiger partial charge in [-0.2, -0.15) is 0 Å². The molecule has 0 unspecified atom stereocenters. The second-order valence-corrected chi connectivity index (χ2v) is 2.97. The van der Waals surface area contributed by atoms with Gasteiger partial charge in [-0.05, 0) is 18.1 Å². The highest BCUT2D eigenvalue weighted by Gasteiger charge is 2.01. The van der Waals surface area contributed by atoms with Crippen molar-refractivity contribution in [3.8, 4) is 0 Å². The minimum absolute atomic E-state index is 0.561. The first-order chi connectivity index (χ1) is 6.13. The molecule has 0 amide bonds. The topological polar surface area (TPSA) is 52.0 Å². The van der Waals surface area contributed by atoms with E-state index in [4.69, 9.17) is 11.5 Å². The van der Waals surface area contributed by atoms with Crippen LogP contribution in [0.1, 0.15) is 12.5 Å². The molecular weight excluding hydrogens is 160 g/mol. The van der Waals surface area contributed by atoms with Crippen LogP contribution < -0.4 is 11.5 Å². The molecule has 0 aliphatic rings. The zero-order valence-corrected chi connectivity index (χ0v) is 7.75. The molecule has 13 heavy (non-hydrogen) atoms. The van der Waals surface area contributed by atoms with Gasteiger partial charge in [-0.3, -0.25) is 0 Å². The summed E-state index contributed by atoms with van der Waals surface area (Å²) in [5.41, 5.74) is 14.5. The molecule has 0 heterocycles. The second kappa shape index (κ2) is 3.81. The van der Waals surface area contributed by atoms with E-state index >= 15 is 0 Å². The summed E-state index contributed by atoms with van der Waals surface area (Å²) < 4.78 is 0. The minimum atomic E-state index is 0.561. The molecule has 0 fully saturated rings. The average molecular weight is 174 g/mol. The summed E-state index contributed by atoms with van der Waals surface area (Å²) in [6.07, 6.45) is 0. The summed E-state index contributed by atoms with van der Waals surface area (Å²) in [7, 11) is 0. The average Bonchev–Trinajstić information content (AvgIpc) is 2.17. The lowest BCUT2D eigenvalue weighted by molar-refractivity contribution is 1.28. The molecule has 2 nitrogen and oxygen atoms in total. The Hall–Kier alpha value is -1.70. The van der Waals surface area contributed by atoms with E-state index in [9.17, 15) is 0 Å². The first-order valence-corrected chi connectivity index (χ1v) is 4.09. The monoisotopic (exact) mass is 174 g/mol. The van der Waals surface area contributed by atoms with Crippen LogP contribution in [0.15, 0.2) is 48.2 Å². The highest BCUT2D eigenvalue weighted by atomic mass is 14.7. The second-order valence-electron chi connectivity index (χ2n) is 2.97. The standard InChI is InChI=1S/C11H14N2/c1-8(2)10(12)11(13)9-6-4-3-5-7-9/h3-7H,1,12-13H2,2H3. The summed E-state index contributed by atoms with van der Waals surface area (Å²) in [6, 6.07) is 9.63. The van der Waals surface area contributed by atoms with E-state index in [2.05, 4.69) is 6.58 Å². The molecule has 0 saturated carbocycles. The van der Waals surface area contributed by atoms with E-state index in [1.807, 2.05) is 37.3 Å². The van der Waals surface area contributed by atoms with Crippen LogP contribution in [0.25, 0.3) is 5.70 Å². The molecular formula is C11H14N2. The molecule has 2 heteroatoms. The molecule has 0 radical (unpaired) electrons. The zero-order chi connectivity index (χ0) is 9.84. The maximum Gasteiger partial charge on any atom is 0.0623 e. The Morgan fingerprint density at radius 1 is 1.15 bits per heavy atom. The van der Waals surface area contributed by atoms with Gasteiger partial charge in [0.25, 0.3) is 0 Å². The van der Waals surface area contributed by atoms with Gasteiger partial charge >= 0.3 is 0 Å². The summed E-state index contributed by atoms with van der Waals surface area (Å²) >= 11 is 0. The molecule has 1 rings (SSSR count). The predicted molar refractivity (Wildman–Crippen MR) is 56.6 cm³/mol. The fraction of sp³-hybridized carbons (Fsp3) is 0.0909. The van der Waals surface area contributed by atoms with Gasteiger partial charge in [0, 0.05) is 0 Å². The molecule has 4 N–H and O–H groups in total. The van der Waals surface area contributed by atoms with Crippen molar-refractivity contribution in [3.05, 3.63) is 53.7 Å². The van der Waals surface area contributed by atoms with Crippen LogP contribution in [0, 0.1) is 0 Å². The number of nitrogens with two attached hydrogens (primary N) is 2. The Kier molecular flexibility index (Phi) is 2.75. The molecule has 0 aromatic heterocycles. The molecule has 68 valence electrons. The Balaban J connectivity index is 3.11. The normalized spacial score (nSPS) is 12.1. The number of hydrogen-bond acceptors (Lipinski definition) is 2. The number of rotatable bonds is 2. The predicted octanol–water partition coefficient (Wildman–Crippen LogP) is 1.85. The summed E-state index contributed by atoms with van der Waals surface area (Å²) in [5.74, 6) is 0. The molecule has 0 aliphatic heterocycles. The first-order valence-electron chi connectivity index (χ1n) is 4.09. The quantitative estimate of drug-likeness (QED) is 0.672. The first kappa shape index (κ1) is 9.39. The van der Waals surface area contributed by atoms with E-state index in [1.54, 1.807) is 0 Å². The van der Waals surface area contributed by atoms with Gasteiger partial charge in [-0.15, -0.1) is 0 Å². The van der Waals surface area contributed by atoms with Gasteiger partial charge in [-0.25, -0.2) is 0 Å². The summed E-state index contributed by atoms with van der Waals surface area (Å²) in [5, 5.41) is 0. The number of hydrogen-bond donors (Lipinski definition) is 2. The van der Waals surface area contributed by atoms with Gasteiger partial charge in [0.05, 0.1) is 11.4 Å². The number of benzene rings is 1. The Bertz CT molecular complexity index is 336. The van der Waals surface area contributed by atoms with Crippen LogP contribution in [0.5, 0.6) is 0 Å². The smallest absolute Gasteiger partial charge is 0.0623 e. The molecule has 1 aromatic carbocycles. The van der Waals surface area contributed by atoms with Gasteiger partial charge in [0.2, 0.25) is 0 Å². The molecule has 0 aliphatic carbocycles. The van der Waals surface area contributed by atoms with Gasteiger partial charge in [-0.1, -0.05) is 36.9 Å². The van der Waals surface area contributed by atoms with E-state index in [1.165, 1.54) is 0 Å². The van der Waals surface area contributed by atoms with Crippen LogP contribution in [0.2, 0.25) is 0 Å².